The van der Waals surface area contributed by atoms with E-state index in [1.807, 2.05) is 0 Å². The van der Waals surface area contributed by atoms with Gasteiger partial charge in [-0.3, -0.25) is 28.8 Å². The van der Waals surface area contributed by atoms with Gasteiger partial charge in [0.1, 0.15) is 34.7 Å². The van der Waals surface area contributed by atoms with Crippen molar-refractivity contribution in [2.24, 2.45) is 0 Å². The van der Waals surface area contributed by atoms with Gasteiger partial charge >= 0.3 is 39.9 Å². The molecular formula is C15H24GdO6+3. The largest absolute Gasteiger partial charge is 3.00 e. The molecule has 0 aromatic carbocycles. The van der Waals surface area contributed by atoms with E-state index in [4.69, 9.17) is 0 Å². The minimum absolute atomic E-state index is 0. The molecule has 0 spiro atoms. The molecule has 6 nitrogen and oxygen atoms in total. The Labute approximate surface area is 163 Å². The smallest absolute Gasteiger partial charge is 0.300 e. The van der Waals surface area contributed by atoms with Crippen LogP contribution >= 0.6 is 0 Å². The van der Waals surface area contributed by atoms with Crippen molar-refractivity contribution in [1.29, 1.82) is 0 Å². The molecule has 0 aliphatic carbocycles. The van der Waals surface area contributed by atoms with E-state index in [0.29, 0.717) is 0 Å². The first-order valence-corrected chi connectivity index (χ1v) is 6.35. The zero-order valence-corrected chi connectivity index (χ0v) is 16.2. The Hall–Kier alpha value is -0.655. The quantitative estimate of drug-likeness (QED) is 0.562. The zero-order valence-electron chi connectivity index (χ0n) is 13.9. The van der Waals surface area contributed by atoms with Crippen molar-refractivity contribution in [1.82, 2.24) is 0 Å². The molecule has 0 heterocycles. The summed E-state index contributed by atoms with van der Waals surface area (Å²) in [6.07, 6.45) is 0.250. The first-order chi connectivity index (χ1) is 9.38. The molecule has 0 aliphatic rings. The molecule has 0 aliphatic heterocycles. The van der Waals surface area contributed by atoms with E-state index in [9.17, 15) is 28.8 Å². The maximum Gasteiger partial charge on any atom is 3.00 e. The van der Waals surface area contributed by atoms with E-state index in [2.05, 4.69) is 0 Å². The van der Waals surface area contributed by atoms with Crippen LogP contribution in [0, 0.1) is 39.9 Å². The van der Waals surface area contributed by atoms with Crippen molar-refractivity contribution in [3.05, 3.63) is 0 Å². The maximum atomic E-state index is 10.0. The van der Waals surface area contributed by atoms with Crippen molar-refractivity contribution >= 4 is 34.7 Å². The van der Waals surface area contributed by atoms with Gasteiger partial charge in [-0.2, -0.15) is 0 Å². The van der Waals surface area contributed by atoms with Gasteiger partial charge in [0.25, 0.3) is 0 Å². The topological polar surface area (TPSA) is 102 Å². The first-order valence-electron chi connectivity index (χ1n) is 6.35. The predicted molar refractivity (Wildman–Crippen MR) is 77.9 cm³/mol. The Kier molecular flexibility index (Phi) is 24.6. The van der Waals surface area contributed by atoms with Gasteiger partial charge in [0, 0.05) is 0 Å². The van der Waals surface area contributed by atoms with Gasteiger partial charge in [-0.25, -0.2) is 0 Å². The minimum atomic E-state index is -0.0625. The molecule has 7 heteroatoms. The molecule has 0 atom stereocenters. The van der Waals surface area contributed by atoms with Crippen LogP contribution < -0.4 is 0 Å². The number of hydrogen-bond donors (Lipinski definition) is 0. The van der Waals surface area contributed by atoms with Gasteiger partial charge in [-0.1, -0.05) is 0 Å². The molecule has 0 bridgehead atoms. The number of Topliss-reactive ketones (excluding diaryl/α,β-unsaturated/α-hetero) is 6. The average molecular weight is 458 g/mol. The average Bonchev–Trinajstić information content (AvgIpc) is 2.10. The molecule has 125 valence electrons. The summed E-state index contributed by atoms with van der Waals surface area (Å²) >= 11 is 0. The molecule has 0 unspecified atom stereocenters. The molecule has 0 aromatic heterocycles. The van der Waals surface area contributed by atoms with Crippen LogP contribution in [0.25, 0.3) is 0 Å². The van der Waals surface area contributed by atoms with Gasteiger partial charge in [0.2, 0.25) is 0 Å². The number of hydrogen-bond acceptors (Lipinski definition) is 6. The van der Waals surface area contributed by atoms with Crippen LogP contribution in [0.3, 0.4) is 0 Å². The predicted octanol–water partition coefficient (Wildman–Crippen LogP) is 1.66. The summed E-state index contributed by atoms with van der Waals surface area (Å²) < 4.78 is 0. The fourth-order valence-corrected chi connectivity index (χ4v) is 1.05. The second kappa shape index (κ2) is 18.4. The summed E-state index contributed by atoms with van der Waals surface area (Å²) in [6.45, 7) is 8.42. The molecule has 0 amide bonds. The molecule has 0 rings (SSSR count). The minimum Gasteiger partial charge on any atom is -0.300 e. The fourth-order valence-electron chi connectivity index (χ4n) is 1.05. The van der Waals surface area contributed by atoms with Crippen molar-refractivity contribution in [2.75, 3.05) is 0 Å². The molecular weight excluding hydrogens is 433 g/mol. The number of carbonyl (C=O) groups is 6. The van der Waals surface area contributed by atoms with E-state index in [1.165, 1.54) is 41.5 Å². The Balaban J connectivity index is -0.000000108. The van der Waals surface area contributed by atoms with Gasteiger partial charge in [-0.15, -0.1) is 0 Å². The summed E-state index contributed by atoms with van der Waals surface area (Å²) in [5, 5.41) is 0. The van der Waals surface area contributed by atoms with Crippen LogP contribution in [0.4, 0.5) is 0 Å². The summed E-state index contributed by atoms with van der Waals surface area (Å²) in [5.74, 6) is -0.375. The number of rotatable bonds is 6. The van der Waals surface area contributed by atoms with Gasteiger partial charge in [-0.05, 0) is 41.5 Å². The van der Waals surface area contributed by atoms with Crippen LogP contribution in [0.15, 0.2) is 0 Å². The van der Waals surface area contributed by atoms with E-state index >= 15 is 0 Å². The van der Waals surface area contributed by atoms with E-state index in [0.717, 1.165) is 0 Å². The molecule has 22 heavy (non-hydrogen) atoms. The van der Waals surface area contributed by atoms with Crippen LogP contribution in [-0.4, -0.2) is 34.7 Å². The first kappa shape index (κ1) is 29.4. The Morgan fingerprint density at radius 1 is 0.409 bits per heavy atom. The van der Waals surface area contributed by atoms with Crippen LogP contribution in [-0.2, 0) is 28.8 Å². The van der Waals surface area contributed by atoms with Crippen LogP contribution in [0.2, 0.25) is 0 Å². The molecule has 1 radical (unpaired) electrons. The van der Waals surface area contributed by atoms with Crippen molar-refractivity contribution < 1.29 is 68.7 Å². The Bertz CT molecular complexity index is 314. The summed E-state index contributed by atoms with van der Waals surface area (Å²) in [5.41, 5.74) is 0. The van der Waals surface area contributed by atoms with Crippen LogP contribution in [0.1, 0.15) is 60.8 Å². The summed E-state index contributed by atoms with van der Waals surface area (Å²) in [6, 6.07) is 0. The zero-order chi connectivity index (χ0) is 17.6. The molecule has 0 saturated carbocycles. The van der Waals surface area contributed by atoms with Crippen molar-refractivity contribution in [2.45, 2.75) is 60.8 Å². The second-order valence-electron chi connectivity index (χ2n) is 4.74. The number of carbonyl (C=O) groups excluding carboxylic acids is 6. The van der Waals surface area contributed by atoms with E-state index < -0.39 is 0 Å². The molecule has 0 fully saturated rings. The molecule has 0 saturated heterocycles. The molecule has 0 N–H and O–H groups in total. The summed E-state index contributed by atoms with van der Waals surface area (Å²) in [4.78, 5) is 60.2. The van der Waals surface area contributed by atoms with E-state index in [1.54, 1.807) is 0 Å². The Morgan fingerprint density at radius 3 is 0.500 bits per heavy atom. The third kappa shape index (κ3) is 50.6. The maximum absolute atomic E-state index is 10.0. The SMILES string of the molecule is CC(=O)CC(C)=O.CC(=O)CC(C)=O.CC(=O)CC(C)=O.[Gd+3]. The van der Waals surface area contributed by atoms with Gasteiger partial charge < -0.3 is 0 Å². The van der Waals surface area contributed by atoms with Crippen LogP contribution in [0.5, 0.6) is 0 Å². The van der Waals surface area contributed by atoms with E-state index in [-0.39, 0.29) is 93.9 Å². The number of ketones is 6. The van der Waals surface area contributed by atoms with Crippen molar-refractivity contribution in [3.8, 4) is 0 Å². The normalized spacial score (nSPS) is 7.91. The fraction of sp³-hybridized carbons (Fsp3) is 0.600. The van der Waals surface area contributed by atoms with Crippen molar-refractivity contribution in [3.63, 3.8) is 0 Å². The molecule has 0 aromatic rings. The summed E-state index contributed by atoms with van der Waals surface area (Å²) in [7, 11) is 0. The third-order valence-corrected chi connectivity index (χ3v) is 1.49. The van der Waals surface area contributed by atoms with Gasteiger partial charge in [0.15, 0.2) is 0 Å². The third-order valence-electron chi connectivity index (χ3n) is 1.49. The van der Waals surface area contributed by atoms with Gasteiger partial charge in [0.05, 0.1) is 19.3 Å². The Morgan fingerprint density at radius 2 is 0.500 bits per heavy atom. The standard InChI is InChI=1S/3C5H8O2.Gd/c3*1-4(6)3-5(2)7;/h3*3H2,1-2H3;/q;;;+3. The second-order valence-corrected chi connectivity index (χ2v) is 4.74. The monoisotopic (exact) mass is 458 g/mol.